The highest BCUT2D eigenvalue weighted by molar-refractivity contribution is 7.92. The van der Waals surface area contributed by atoms with E-state index in [4.69, 9.17) is 16.3 Å². The summed E-state index contributed by atoms with van der Waals surface area (Å²) in [5, 5.41) is 2.95. The SMILES string of the molecule is O=C(NCC1CCOC1)c1ccc(Cl)c(NS(=O)(=O)c2ccc(F)cc2)c1. The van der Waals surface area contributed by atoms with Gasteiger partial charge in [-0.15, -0.1) is 0 Å². The Morgan fingerprint density at radius 1 is 1.22 bits per heavy atom. The maximum absolute atomic E-state index is 13.0. The average Bonchev–Trinajstić information content (AvgIpc) is 3.15. The monoisotopic (exact) mass is 412 g/mol. The number of amides is 1. The van der Waals surface area contributed by atoms with Gasteiger partial charge in [-0.2, -0.15) is 0 Å². The summed E-state index contributed by atoms with van der Waals surface area (Å²) < 4.78 is 45.5. The molecule has 2 N–H and O–H groups in total. The molecule has 1 aliphatic rings. The number of carbonyl (C=O) groups is 1. The Kier molecular flexibility index (Phi) is 5.98. The molecule has 3 rings (SSSR count). The van der Waals surface area contributed by atoms with Crippen molar-refractivity contribution < 1.29 is 22.3 Å². The van der Waals surface area contributed by atoms with Gasteiger partial charge in [-0.1, -0.05) is 11.6 Å². The summed E-state index contributed by atoms with van der Waals surface area (Å²) in [6.45, 7) is 1.79. The molecule has 27 heavy (non-hydrogen) atoms. The fourth-order valence-electron chi connectivity index (χ4n) is 2.65. The minimum Gasteiger partial charge on any atom is -0.381 e. The normalized spacial score (nSPS) is 16.9. The summed E-state index contributed by atoms with van der Waals surface area (Å²) >= 11 is 6.07. The second-order valence-corrected chi connectivity index (χ2v) is 8.28. The summed E-state index contributed by atoms with van der Waals surface area (Å²) in [4.78, 5) is 12.2. The zero-order valence-electron chi connectivity index (χ0n) is 14.2. The van der Waals surface area contributed by atoms with Gasteiger partial charge in [-0.05, 0) is 48.9 Å². The Balaban J connectivity index is 1.74. The van der Waals surface area contributed by atoms with Crippen molar-refractivity contribution in [3.63, 3.8) is 0 Å². The summed E-state index contributed by atoms with van der Waals surface area (Å²) in [6, 6.07) is 8.71. The lowest BCUT2D eigenvalue weighted by molar-refractivity contribution is 0.0945. The summed E-state index contributed by atoms with van der Waals surface area (Å²) in [7, 11) is -3.97. The molecule has 144 valence electrons. The minimum absolute atomic E-state index is 0.0674. The Morgan fingerprint density at radius 3 is 2.63 bits per heavy atom. The van der Waals surface area contributed by atoms with Gasteiger partial charge in [0.15, 0.2) is 0 Å². The first kappa shape index (κ1) is 19.6. The third-order valence-electron chi connectivity index (χ3n) is 4.17. The molecule has 1 atom stereocenters. The zero-order chi connectivity index (χ0) is 19.4. The third-order valence-corrected chi connectivity index (χ3v) is 5.88. The van der Waals surface area contributed by atoms with E-state index in [1.165, 1.54) is 18.2 Å². The van der Waals surface area contributed by atoms with Crippen LogP contribution in [0.5, 0.6) is 0 Å². The number of hydrogen-bond donors (Lipinski definition) is 2. The summed E-state index contributed by atoms with van der Waals surface area (Å²) in [5.74, 6) is -0.600. The van der Waals surface area contributed by atoms with Crippen molar-refractivity contribution in [2.75, 3.05) is 24.5 Å². The molecule has 0 spiro atoms. The molecule has 0 radical (unpaired) electrons. The molecular formula is C18H18ClFN2O4S. The largest absolute Gasteiger partial charge is 0.381 e. The molecule has 2 aromatic rings. The Bertz CT molecular complexity index is 929. The van der Waals surface area contributed by atoms with Crippen molar-refractivity contribution in [2.24, 2.45) is 5.92 Å². The molecule has 6 nitrogen and oxygen atoms in total. The molecule has 1 saturated heterocycles. The van der Waals surface area contributed by atoms with Crippen molar-refractivity contribution in [3.05, 3.63) is 58.9 Å². The Labute approximate surface area is 161 Å². The molecule has 9 heteroatoms. The van der Waals surface area contributed by atoms with E-state index >= 15 is 0 Å². The Morgan fingerprint density at radius 2 is 1.96 bits per heavy atom. The molecule has 0 saturated carbocycles. The van der Waals surface area contributed by atoms with Gasteiger partial charge in [0, 0.05) is 24.6 Å². The first-order valence-corrected chi connectivity index (χ1v) is 10.1. The second-order valence-electron chi connectivity index (χ2n) is 6.19. The van der Waals surface area contributed by atoms with Crippen LogP contribution in [0.3, 0.4) is 0 Å². The molecular weight excluding hydrogens is 395 g/mol. The molecule has 0 bridgehead atoms. The van der Waals surface area contributed by atoms with Gasteiger partial charge in [0.1, 0.15) is 5.82 Å². The lowest BCUT2D eigenvalue weighted by Gasteiger charge is -2.13. The fraction of sp³-hybridized carbons (Fsp3) is 0.278. The fourth-order valence-corrected chi connectivity index (χ4v) is 3.94. The first-order chi connectivity index (χ1) is 12.8. The van der Waals surface area contributed by atoms with Crippen LogP contribution in [-0.4, -0.2) is 34.1 Å². The number of sulfonamides is 1. The number of halogens is 2. The molecule has 0 aliphatic carbocycles. The maximum atomic E-state index is 13.0. The molecule has 0 aromatic heterocycles. The second kappa shape index (κ2) is 8.24. The predicted octanol–water partition coefficient (Wildman–Crippen LogP) is 3.05. The number of hydrogen-bond acceptors (Lipinski definition) is 4. The Hall–Kier alpha value is -2.16. The number of carbonyl (C=O) groups excluding carboxylic acids is 1. The highest BCUT2D eigenvalue weighted by atomic mass is 35.5. The van der Waals surface area contributed by atoms with Crippen molar-refractivity contribution >= 4 is 33.2 Å². The van der Waals surface area contributed by atoms with Crippen LogP contribution in [0.2, 0.25) is 5.02 Å². The van der Waals surface area contributed by atoms with E-state index in [0.29, 0.717) is 19.8 Å². The quantitative estimate of drug-likeness (QED) is 0.763. The van der Waals surface area contributed by atoms with E-state index in [0.717, 1.165) is 30.7 Å². The van der Waals surface area contributed by atoms with E-state index < -0.39 is 15.8 Å². The number of anilines is 1. The lowest BCUT2D eigenvalue weighted by atomic mass is 10.1. The van der Waals surface area contributed by atoms with E-state index in [1.54, 1.807) is 0 Å². The lowest BCUT2D eigenvalue weighted by Crippen LogP contribution is -2.29. The third kappa shape index (κ3) is 4.97. The average molecular weight is 413 g/mol. The van der Waals surface area contributed by atoms with Crippen LogP contribution in [0.15, 0.2) is 47.4 Å². The minimum atomic E-state index is -3.97. The van der Waals surface area contributed by atoms with Crippen LogP contribution in [0.25, 0.3) is 0 Å². The van der Waals surface area contributed by atoms with E-state index in [1.807, 2.05) is 0 Å². The van der Waals surface area contributed by atoms with Crippen LogP contribution in [0.1, 0.15) is 16.8 Å². The van der Waals surface area contributed by atoms with Gasteiger partial charge >= 0.3 is 0 Å². The number of benzene rings is 2. The van der Waals surface area contributed by atoms with Crippen molar-refractivity contribution in [2.45, 2.75) is 11.3 Å². The molecule has 1 amide bonds. The number of ether oxygens (including phenoxy) is 1. The predicted molar refractivity (Wildman–Crippen MR) is 99.9 cm³/mol. The molecule has 1 unspecified atom stereocenters. The van der Waals surface area contributed by atoms with Crippen LogP contribution < -0.4 is 10.0 Å². The standard InChI is InChI=1S/C18H18ClFN2O4S/c19-16-6-1-13(18(23)21-10-12-7-8-26-11-12)9-17(16)22-27(24,25)15-4-2-14(20)3-5-15/h1-6,9,12,22H,7-8,10-11H2,(H,21,23). The number of rotatable bonds is 6. The van der Waals surface area contributed by atoms with E-state index in [9.17, 15) is 17.6 Å². The van der Waals surface area contributed by atoms with Gasteiger partial charge in [0.2, 0.25) is 0 Å². The van der Waals surface area contributed by atoms with E-state index in [-0.39, 0.29) is 33.0 Å². The van der Waals surface area contributed by atoms with Gasteiger partial charge < -0.3 is 10.1 Å². The smallest absolute Gasteiger partial charge is 0.261 e. The van der Waals surface area contributed by atoms with Gasteiger partial charge in [-0.3, -0.25) is 9.52 Å². The van der Waals surface area contributed by atoms with Crippen LogP contribution in [-0.2, 0) is 14.8 Å². The van der Waals surface area contributed by atoms with Gasteiger partial charge in [0.25, 0.3) is 15.9 Å². The van der Waals surface area contributed by atoms with Crippen molar-refractivity contribution in [1.82, 2.24) is 5.32 Å². The topological polar surface area (TPSA) is 84.5 Å². The van der Waals surface area contributed by atoms with Crippen LogP contribution >= 0.6 is 11.6 Å². The highest BCUT2D eigenvalue weighted by Crippen LogP contribution is 2.26. The van der Waals surface area contributed by atoms with Crippen LogP contribution in [0.4, 0.5) is 10.1 Å². The highest BCUT2D eigenvalue weighted by Gasteiger charge is 2.19. The molecule has 1 aliphatic heterocycles. The summed E-state index contributed by atoms with van der Waals surface area (Å²) in [6.07, 6.45) is 0.892. The zero-order valence-corrected chi connectivity index (χ0v) is 15.8. The van der Waals surface area contributed by atoms with Gasteiger partial charge in [0.05, 0.1) is 22.2 Å². The van der Waals surface area contributed by atoms with Crippen LogP contribution in [0, 0.1) is 11.7 Å². The van der Waals surface area contributed by atoms with Crippen molar-refractivity contribution in [3.8, 4) is 0 Å². The first-order valence-electron chi connectivity index (χ1n) is 8.29. The summed E-state index contributed by atoms with van der Waals surface area (Å²) in [5.41, 5.74) is 0.341. The van der Waals surface area contributed by atoms with E-state index in [2.05, 4.69) is 10.0 Å². The molecule has 1 fully saturated rings. The van der Waals surface area contributed by atoms with Gasteiger partial charge in [-0.25, -0.2) is 12.8 Å². The molecule has 2 aromatic carbocycles. The van der Waals surface area contributed by atoms with Crippen molar-refractivity contribution in [1.29, 1.82) is 0 Å². The number of nitrogens with one attached hydrogen (secondary N) is 2. The molecule has 1 heterocycles. The maximum Gasteiger partial charge on any atom is 0.261 e.